The second kappa shape index (κ2) is 6.32. The average molecular weight is 255 g/mol. The molecule has 4 heteroatoms. The van der Waals surface area contributed by atoms with Crippen molar-refractivity contribution in [3.8, 4) is 0 Å². The van der Waals surface area contributed by atoms with E-state index in [4.69, 9.17) is 4.74 Å². The third-order valence-corrected chi connectivity index (χ3v) is 3.82. The summed E-state index contributed by atoms with van der Waals surface area (Å²) in [6.07, 6.45) is 4.79. The van der Waals surface area contributed by atoms with E-state index in [1.807, 2.05) is 7.05 Å². The van der Waals surface area contributed by atoms with Gasteiger partial charge in [0.25, 0.3) is 0 Å². The number of ketones is 1. The zero-order chi connectivity index (χ0) is 13.8. The Morgan fingerprint density at radius 3 is 2.33 bits per heavy atom. The Kier molecular flexibility index (Phi) is 5.32. The van der Waals surface area contributed by atoms with Crippen LogP contribution in [-0.2, 0) is 14.3 Å². The first kappa shape index (κ1) is 15.2. The number of hydrogen-bond acceptors (Lipinski definition) is 4. The SMILES string of the molecule is CCOC(=O)C(C)(C)C(=O)CN(C)C1CCCC1. The predicted molar refractivity (Wildman–Crippen MR) is 70.3 cm³/mol. The number of ether oxygens (including phenoxy) is 1. The molecule has 0 aromatic heterocycles. The first-order valence-corrected chi connectivity index (χ1v) is 6.80. The van der Waals surface area contributed by atoms with Crippen LogP contribution in [-0.4, -0.2) is 42.9 Å². The summed E-state index contributed by atoms with van der Waals surface area (Å²) < 4.78 is 4.96. The van der Waals surface area contributed by atoms with E-state index in [2.05, 4.69) is 4.90 Å². The standard InChI is InChI=1S/C14H25NO3/c1-5-18-13(17)14(2,3)12(16)10-15(4)11-8-6-7-9-11/h11H,5-10H2,1-4H3. The van der Waals surface area contributed by atoms with E-state index in [-0.39, 0.29) is 5.78 Å². The zero-order valence-corrected chi connectivity index (χ0v) is 12.0. The van der Waals surface area contributed by atoms with E-state index in [9.17, 15) is 9.59 Å². The molecule has 1 saturated carbocycles. The maximum Gasteiger partial charge on any atom is 0.319 e. The van der Waals surface area contributed by atoms with E-state index in [0.717, 1.165) is 12.8 Å². The number of carbonyl (C=O) groups excluding carboxylic acids is 2. The number of rotatable bonds is 6. The van der Waals surface area contributed by atoms with Crippen LogP contribution in [0.3, 0.4) is 0 Å². The summed E-state index contributed by atoms with van der Waals surface area (Å²) in [6.45, 7) is 5.69. The minimum atomic E-state index is -1.04. The first-order chi connectivity index (χ1) is 8.39. The van der Waals surface area contributed by atoms with Crippen LogP contribution in [0.4, 0.5) is 0 Å². The maximum atomic E-state index is 12.2. The summed E-state index contributed by atoms with van der Waals surface area (Å²) in [5.41, 5.74) is -1.04. The monoisotopic (exact) mass is 255 g/mol. The lowest BCUT2D eigenvalue weighted by Gasteiger charge is -2.27. The number of nitrogens with zero attached hydrogens (tertiary/aromatic N) is 1. The smallest absolute Gasteiger partial charge is 0.319 e. The van der Waals surface area contributed by atoms with Crippen molar-refractivity contribution in [2.75, 3.05) is 20.2 Å². The third kappa shape index (κ3) is 3.55. The van der Waals surface area contributed by atoms with Gasteiger partial charge in [0.2, 0.25) is 0 Å². The molecule has 0 saturated heterocycles. The lowest BCUT2D eigenvalue weighted by Crippen LogP contribution is -2.43. The molecule has 0 aromatic carbocycles. The Balaban J connectivity index is 2.54. The van der Waals surface area contributed by atoms with Crippen LogP contribution in [0, 0.1) is 5.41 Å². The van der Waals surface area contributed by atoms with E-state index in [0.29, 0.717) is 19.2 Å². The minimum absolute atomic E-state index is 0.0599. The summed E-state index contributed by atoms with van der Waals surface area (Å²) in [7, 11) is 1.97. The molecule has 0 radical (unpaired) electrons. The summed E-state index contributed by atoms with van der Waals surface area (Å²) in [4.78, 5) is 26.0. The summed E-state index contributed by atoms with van der Waals surface area (Å²) in [6, 6.07) is 0.493. The molecule has 1 aliphatic rings. The van der Waals surface area contributed by atoms with Gasteiger partial charge in [-0.25, -0.2) is 0 Å². The summed E-state index contributed by atoms with van der Waals surface area (Å²) in [5.74, 6) is -0.481. The third-order valence-electron chi connectivity index (χ3n) is 3.82. The molecule has 104 valence electrons. The molecule has 4 nitrogen and oxygen atoms in total. The van der Waals surface area contributed by atoms with Crippen LogP contribution in [0.25, 0.3) is 0 Å². The molecule has 0 N–H and O–H groups in total. The van der Waals surface area contributed by atoms with Crippen molar-refractivity contribution >= 4 is 11.8 Å². The van der Waals surface area contributed by atoms with E-state index < -0.39 is 11.4 Å². The van der Waals surface area contributed by atoms with Crippen molar-refractivity contribution in [3.63, 3.8) is 0 Å². The van der Waals surface area contributed by atoms with Gasteiger partial charge in [0.05, 0.1) is 13.2 Å². The van der Waals surface area contributed by atoms with Crippen molar-refractivity contribution in [2.45, 2.75) is 52.5 Å². The minimum Gasteiger partial charge on any atom is -0.465 e. The fourth-order valence-electron chi connectivity index (χ4n) is 2.32. The average Bonchev–Trinajstić information content (AvgIpc) is 2.82. The number of carbonyl (C=O) groups is 2. The van der Waals surface area contributed by atoms with Crippen LogP contribution < -0.4 is 0 Å². The lowest BCUT2D eigenvalue weighted by atomic mass is 9.87. The summed E-state index contributed by atoms with van der Waals surface area (Å²) in [5, 5.41) is 0. The van der Waals surface area contributed by atoms with Crippen LogP contribution >= 0.6 is 0 Å². The van der Waals surface area contributed by atoms with Crippen molar-refractivity contribution in [2.24, 2.45) is 5.41 Å². The van der Waals surface area contributed by atoms with Crippen molar-refractivity contribution in [1.82, 2.24) is 4.90 Å². The van der Waals surface area contributed by atoms with Gasteiger partial charge >= 0.3 is 5.97 Å². The Bertz CT molecular complexity index is 306. The molecule has 0 spiro atoms. The van der Waals surface area contributed by atoms with Gasteiger partial charge in [-0.05, 0) is 40.7 Å². The Labute approximate surface area is 110 Å². The van der Waals surface area contributed by atoms with E-state index in [1.54, 1.807) is 20.8 Å². The number of Topliss-reactive ketones (excluding diaryl/α,β-unsaturated/α-hetero) is 1. The molecule has 0 aromatic rings. The molecule has 0 bridgehead atoms. The highest BCUT2D eigenvalue weighted by Crippen LogP contribution is 2.24. The number of hydrogen-bond donors (Lipinski definition) is 0. The van der Waals surface area contributed by atoms with Gasteiger partial charge in [-0.15, -0.1) is 0 Å². The highest BCUT2D eigenvalue weighted by atomic mass is 16.5. The molecule has 1 aliphatic carbocycles. The number of esters is 1. The van der Waals surface area contributed by atoms with Crippen LogP contribution in [0.2, 0.25) is 0 Å². The normalized spacial score (nSPS) is 17.2. The molecular formula is C14H25NO3. The topological polar surface area (TPSA) is 46.6 Å². The highest BCUT2D eigenvalue weighted by Gasteiger charge is 2.38. The second-order valence-corrected chi connectivity index (χ2v) is 5.62. The van der Waals surface area contributed by atoms with Crippen molar-refractivity contribution in [3.05, 3.63) is 0 Å². The Hall–Kier alpha value is -0.900. The molecule has 1 rings (SSSR count). The van der Waals surface area contributed by atoms with Gasteiger partial charge in [-0.2, -0.15) is 0 Å². The largest absolute Gasteiger partial charge is 0.465 e. The fourth-order valence-corrected chi connectivity index (χ4v) is 2.32. The van der Waals surface area contributed by atoms with Crippen LogP contribution in [0.15, 0.2) is 0 Å². The lowest BCUT2D eigenvalue weighted by molar-refractivity contribution is -0.158. The highest BCUT2D eigenvalue weighted by molar-refractivity contribution is 6.03. The van der Waals surface area contributed by atoms with Gasteiger partial charge in [-0.3, -0.25) is 14.5 Å². The fraction of sp³-hybridized carbons (Fsp3) is 0.857. The Morgan fingerprint density at radius 2 is 1.83 bits per heavy atom. The summed E-state index contributed by atoms with van der Waals surface area (Å²) >= 11 is 0. The van der Waals surface area contributed by atoms with Crippen molar-refractivity contribution in [1.29, 1.82) is 0 Å². The van der Waals surface area contributed by atoms with Crippen LogP contribution in [0.5, 0.6) is 0 Å². The van der Waals surface area contributed by atoms with Gasteiger partial charge in [0, 0.05) is 6.04 Å². The van der Waals surface area contributed by atoms with E-state index >= 15 is 0 Å². The van der Waals surface area contributed by atoms with Gasteiger partial charge < -0.3 is 4.74 Å². The van der Waals surface area contributed by atoms with Gasteiger partial charge in [-0.1, -0.05) is 12.8 Å². The second-order valence-electron chi connectivity index (χ2n) is 5.62. The first-order valence-electron chi connectivity index (χ1n) is 6.80. The molecule has 0 unspecified atom stereocenters. The van der Waals surface area contributed by atoms with Crippen molar-refractivity contribution < 1.29 is 14.3 Å². The molecule has 0 amide bonds. The van der Waals surface area contributed by atoms with Gasteiger partial charge in [0.15, 0.2) is 5.78 Å². The number of likely N-dealkylation sites (N-methyl/N-ethyl adjacent to an activating group) is 1. The molecule has 0 aliphatic heterocycles. The molecular weight excluding hydrogens is 230 g/mol. The van der Waals surface area contributed by atoms with E-state index in [1.165, 1.54) is 12.8 Å². The maximum absolute atomic E-state index is 12.2. The molecule has 0 heterocycles. The van der Waals surface area contributed by atoms with Gasteiger partial charge in [0.1, 0.15) is 5.41 Å². The molecule has 0 atom stereocenters. The van der Waals surface area contributed by atoms with Crippen LogP contribution in [0.1, 0.15) is 46.5 Å². The quantitative estimate of drug-likeness (QED) is 0.538. The Morgan fingerprint density at radius 1 is 1.28 bits per heavy atom. The zero-order valence-electron chi connectivity index (χ0n) is 12.0. The predicted octanol–water partition coefficient (Wildman–Crippen LogP) is 2.02. The molecule has 18 heavy (non-hydrogen) atoms. The molecule has 1 fully saturated rings.